The molecule has 84 valence electrons. The van der Waals surface area contributed by atoms with Crippen LogP contribution in [0.25, 0.3) is 0 Å². The average Bonchev–Trinajstić information content (AvgIpc) is 2.20. The fraction of sp³-hybridized carbons (Fsp3) is 0.636. The molecule has 1 rings (SSSR count). The number of nitrogens with one attached hydrogen (secondary N) is 1. The summed E-state index contributed by atoms with van der Waals surface area (Å²) < 4.78 is 0. The van der Waals surface area contributed by atoms with Gasteiger partial charge in [-0.1, -0.05) is 13.8 Å². The molecule has 0 saturated heterocycles. The van der Waals surface area contributed by atoms with Crippen molar-refractivity contribution in [3.05, 3.63) is 17.6 Å². The molecule has 0 aliphatic heterocycles. The van der Waals surface area contributed by atoms with Gasteiger partial charge in [-0.05, 0) is 13.8 Å². The third-order valence-electron chi connectivity index (χ3n) is 2.37. The van der Waals surface area contributed by atoms with Crippen LogP contribution < -0.4 is 5.32 Å². The van der Waals surface area contributed by atoms with Gasteiger partial charge < -0.3 is 10.4 Å². The van der Waals surface area contributed by atoms with Gasteiger partial charge in [-0.3, -0.25) is 4.98 Å². The molecule has 0 bridgehead atoms. The SMILES string of the molecule is Cc1ncc(NCC(C)(C)CO)nc1C. The van der Waals surface area contributed by atoms with Crippen molar-refractivity contribution in [3.8, 4) is 0 Å². The molecule has 0 fully saturated rings. The second-order valence-corrected chi connectivity index (χ2v) is 4.60. The molecule has 1 aromatic heterocycles. The zero-order valence-corrected chi connectivity index (χ0v) is 9.83. The van der Waals surface area contributed by atoms with Gasteiger partial charge in [0.05, 0.1) is 17.6 Å². The predicted octanol–water partition coefficient (Wildman–Crippen LogP) is 1.52. The number of anilines is 1. The first-order chi connectivity index (χ1) is 6.94. The molecule has 0 unspecified atom stereocenters. The summed E-state index contributed by atoms with van der Waals surface area (Å²) in [6, 6.07) is 0. The van der Waals surface area contributed by atoms with Crippen LogP contribution in [0.3, 0.4) is 0 Å². The lowest BCUT2D eigenvalue weighted by molar-refractivity contribution is 0.170. The topological polar surface area (TPSA) is 58.0 Å². The van der Waals surface area contributed by atoms with Crippen molar-refractivity contribution in [3.63, 3.8) is 0 Å². The van der Waals surface area contributed by atoms with Gasteiger partial charge in [0.2, 0.25) is 0 Å². The van der Waals surface area contributed by atoms with Crippen molar-refractivity contribution in [2.24, 2.45) is 5.41 Å². The van der Waals surface area contributed by atoms with Crippen LogP contribution in [0.5, 0.6) is 0 Å². The van der Waals surface area contributed by atoms with E-state index in [0.29, 0.717) is 6.54 Å². The zero-order valence-electron chi connectivity index (χ0n) is 9.83. The highest BCUT2D eigenvalue weighted by molar-refractivity contribution is 5.33. The summed E-state index contributed by atoms with van der Waals surface area (Å²) in [7, 11) is 0. The molecular weight excluding hydrogens is 190 g/mol. The summed E-state index contributed by atoms with van der Waals surface area (Å²) in [6.07, 6.45) is 1.72. The Bertz CT molecular complexity index is 337. The first-order valence-corrected chi connectivity index (χ1v) is 5.09. The molecule has 15 heavy (non-hydrogen) atoms. The molecule has 4 nitrogen and oxygen atoms in total. The molecule has 0 spiro atoms. The van der Waals surface area contributed by atoms with E-state index in [1.807, 2.05) is 27.7 Å². The summed E-state index contributed by atoms with van der Waals surface area (Å²) in [5.41, 5.74) is 1.74. The highest BCUT2D eigenvalue weighted by atomic mass is 16.3. The van der Waals surface area contributed by atoms with Crippen molar-refractivity contribution in [1.82, 2.24) is 9.97 Å². The molecule has 2 N–H and O–H groups in total. The largest absolute Gasteiger partial charge is 0.396 e. The fourth-order valence-electron chi connectivity index (χ4n) is 1.01. The highest BCUT2D eigenvalue weighted by Gasteiger charge is 2.16. The van der Waals surface area contributed by atoms with Gasteiger partial charge in [0, 0.05) is 18.6 Å². The van der Waals surface area contributed by atoms with E-state index in [4.69, 9.17) is 5.11 Å². The minimum absolute atomic E-state index is 0.138. The second-order valence-electron chi connectivity index (χ2n) is 4.60. The Morgan fingerprint density at radius 1 is 1.33 bits per heavy atom. The van der Waals surface area contributed by atoms with E-state index in [0.717, 1.165) is 17.2 Å². The third-order valence-corrected chi connectivity index (χ3v) is 2.37. The fourth-order valence-corrected chi connectivity index (χ4v) is 1.01. The maximum absolute atomic E-state index is 9.09. The van der Waals surface area contributed by atoms with Crippen molar-refractivity contribution in [2.75, 3.05) is 18.5 Å². The Hall–Kier alpha value is -1.16. The molecule has 0 aliphatic rings. The molecule has 1 aromatic rings. The van der Waals surface area contributed by atoms with Crippen LogP contribution in [0.2, 0.25) is 0 Å². The number of hydrogen-bond donors (Lipinski definition) is 2. The van der Waals surface area contributed by atoms with Crippen molar-refractivity contribution in [1.29, 1.82) is 0 Å². The van der Waals surface area contributed by atoms with Crippen LogP contribution in [-0.2, 0) is 0 Å². The van der Waals surface area contributed by atoms with Crippen LogP contribution in [0.4, 0.5) is 5.82 Å². The Morgan fingerprint density at radius 3 is 2.53 bits per heavy atom. The minimum Gasteiger partial charge on any atom is -0.396 e. The lowest BCUT2D eigenvalue weighted by atomic mass is 9.95. The van der Waals surface area contributed by atoms with Crippen molar-refractivity contribution < 1.29 is 5.11 Å². The van der Waals surface area contributed by atoms with Gasteiger partial charge in [0.1, 0.15) is 5.82 Å². The van der Waals surface area contributed by atoms with E-state index in [2.05, 4.69) is 15.3 Å². The van der Waals surface area contributed by atoms with E-state index in [1.165, 1.54) is 0 Å². The minimum atomic E-state index is -0.138. The summed E-state index contributed by atoms with van der Waals surface area (Å²) >= 11 is 0. The maximum atomic E-state index is 9.09. The Labute approximate surface area is 90.8 Å². The Morgan fingerprint density at radius 2 is 2.00 bits per heavy atom. The molecule has 0 aromatic carbocycles. The first kappa shape index (κ1) is 11.9. The van der Waals surface area contributed by atoms with E-state index in [1.54, 1.807) is 6.20 Å². The highest BCUT2D eigenvalue weighted by Crippen LogP contribution is 2.14. The lowest BCUT2D eigenvalue weighted by Crippen LogP contribution is -2.27. The van der Waals surface area contributed by atoms with Gasteiger partial charge in [0.15, 0.2) is 0 Å². The van der Waals surface area contributed by atoms with Crippen LogP contribution in [-0.4, -0.2) is 28.2 Å². The smallest absolute Gasteiger partial charge is 0.144 e. The van der Waals surface area contributed by atoms with Gasteiger partial charge in [-0.15, -0.1) is 0 Å². The number of rotatable bonds is 4. The van der Waals surface area contributed by atoms with Gasteiger partial charge in [-0.2, -0.15) is 0 Å². The second kappa shape index (κ2) is 4.57. The molecule has 0 saturated carbocycles. The number of aliphatic hydroxyl groups is 1. The molecule has 0 radical (unpaired) electrons. The zero-order chi connectivity index (χ0) is 11.5. The summed E-state index contributed by atoms with van der Waals surface area (Å²) in [6.45, 7) is 8.69. The lowest BCUT2D eigenvalue weighted by Gasteiger charge is -2.22. The standard InChI is InChI=1S/C11H19N3O/c1-8-9(2)14-10(5-12-8)13-6-11(3,4)7-15/h5,15H,6-7H2,1-4H3,(H,13,14). The molecule has 0 atom stereocenters. The first-order valence-electron chi connectivity index (χ1n) is 5.09. The number of nitrogens with zero attached hydrogens (tertiary/aromatic N) is 2. The van der Waals surface area contributed by atoms with E-state index in [-0.39, 0.29) is 12.0 Å². The van der Waals surface area contributed by atoms with Crippen molar-refractivity contribution in [2.45, 2.75) is 27.7 Å². The average molecular weight is 209 g/mol. The molecule has 1 heterocycles. The van der Waals surface area contributed by atoms with E-state index in [9.17, 15) is 0 Å². The molecule has 4 heteroatoms. The maximum Gasteiger partial charge on any atom is 0.144 e. The van der Waals surface area contributed by atoms with Gasteiger partial charge in [-0.25, -0.2) is 4.98 Å². The van der Waals surface area contributed by atoms with Crippen LogP contribution in [0.1, 0.15) is 25.2 Å². The van der Waals surface area contributed by atoms with Crippen LogP contribution in [0, 0.1) is 19.3 Å². The summed E-state index contributed by atoms with van der Waals surface area (Å²) in [4.78, 5) is 8.57. The molecule has 0 aliphatic carbocycles. The Kier molecular flexibility index (Phi) is 3.63. The number of aromatic nitrogens is 2. The van der Waals surface area contributed by atoms with Gasteiger partial charge in [0.25, 0.3) is 0 Å². The normalized spacial score (nSPS) is 11.5. The summed E-state index contributed by atoms with van der Waals surface area (Å²) in [5.74, 6) is 0.764. The number of aryl methyl sites for hydroxylation is 2. The van der Waals surface area contributed by atoms with E-state index >= 15 is 0 Å². The van der Waals surface area contributed by atoms with E-state index < -0.39 is 0 Å². The Balaban J connectivity index is 2.62. The number of hydrogen-bond acceptors (Lipinski definition) is 4. The van der Waals surface area contributed by atoms with Crippen LogP contribution in [0.15, 0.2) is 6.20 Å². The quantitative estimate of drug-likeness (QED) is 0.789. The van der Waals surface area contributed by atoms with Crippen LogP contribution >= 0.6 is 0 Å². The molecule has 0 amide bonds. The van der Waals surface area contributed by atoms with Crippen molar-refractivity contribution >= 4 is 5.82 Å². The third kappa shape index (κ3) is 3.47. The van der Waals surface area contributed by atoms with Gasteiger partial charge >= 0.3 is 0 Å². The predicted molar refractivity (Wildman–Crippen MR) is 60.9 cm³/mol. The number of aliphatic hydroxyl groups excluding tert-OH is 1. The molecular formula is C11H19N3O. The summed E-state index contributed by atoms with van der Waals surface area (Å²) in [5, 5.41) is 12.3. The monoisotopic (exact) mass is 209 g/mol.